The second-order valence-corrected chi connectivity index (χ2v) is 9.12. The second kappa shape index (κ2) is 8.32. The summed E-state index contributed by atoms with van der Waals surface area (Å²) in [5.74, 6) is 0.0514. The van der Waals surface area contributed by atoms with Gasteiger partial charge in [0.05, 0.1) is 12.7 Å². The standard InChI is InChI=1S/C21H21N5O6S/c22-33(29,30)31-9-12-8-15(18(28)17(12)27)32-21-16-20(23-10-24-21)26-19(25-16)14-7-3-5-11-4-1-2-6-13(11)14/h1-7,10,12,15,17-18,27-28H,8-9H2,(H2,22,29,30)(H,23,24,25,26)/t12-,15+,17+,18-/m0/s1. The Bertz CT molecular complexity index is 1420. The highest BCUT2D eigenvalue weighted by molar-refractivity contribution is 7.84. The van der Waals surface area contributed by atoms with Crippen LogP contribution in [0.4, 0.5) is 0 Å². The first kappa shape index (κ1) is 21.7. The number of aliphatic hydroxyl groups excluding tert-OH is 2. The highest BCUT2D eigenvalue weighted by Crippen LogP contribution is 2.33. The van der Waals surface area contributed by atoms with Gasteiger partial charge in [0, 0.05) is 11.5 Å². The number of rotatable bonds is 6. The summed E-state index contributed by atoms with van der Waals surface area (Å²) in [5.41, 5.74) is 1.70. The number of benzene rings is 2. The van der Waals surface area contributed by atoms with Crippen molar-refractivity contribution in [3.8, 4) is 17.3 Å². The first-order valence-electron chi connectivity index (χ1n) is 10.2. The number of nitrogens with one attached hydrogen (secondary N) is 1. The molecule has 11 nitrogen and oxygen atoms in total. The van der Waals surface area contributed by atoms with Crippen LogP contribution in [0.3, 0.4) is 0 Å². The van der Waals surface area contributed by atoms with E-state index in [-0.39, 0.29) is 18.9 Å². The summed E-state index contributed by atoms with van der Waals surface area (Å²) in [5, 5.41) is 27.6. The van der Waals surface area contributed by atoms with E-state index >= 15 is 0 Å². The molecule has 2 aromatic carbocycles. The second-order valence-electron chi connectivity index (χ2n) is 7.90. The highest BCUT2D eigenvalue weighted by Gasteiger charge is 2.44. The maximum Gasteiger partial charge on any atom is 0.333 e. The Balaban J connectivity index is 1.43. The van der Waals surface area contributed by atoms with Crippen molar-refractivity contribution in [1.82, 2.24) is 19.9 Å². The summed E-state index contributed by atoms with van der Waals surface area (Å²) >= 11 is 0. The van der Waals surface area contributed by atoms with Gasteiger partial charge >= 0.3 is 10.3 Å². The van der Waals surface area contributed by atoms with E-state index in [1.165, 1.54) is 6.33 Å². The summed E-state index contributed by atoms with van der Waals surface area (Å²) < 4.78 is 32.6. The summed E-state index contributed by atoms with van der Waals surface area (Å²) in [4.78, 5) is 16.1. The number of hydrogen-bond donors (Lipinski definition) is 4. The number of fused-ring (bicyclic) bond motifs is 2. The molecule has 172 valence electrons. The molecule has 5 N–H and O–H groups in total. The van der Waals surface area contributed by atoms with Crippen LogP contribution in [0.15, 0.2) is 48.8 Å². The minimum atomic E-state index is -4.16. The van der Waals surface area contributed by atoms with Crippen molar-refractivity contribution in [3.63, 3.8) is 0 Å². The van der Waals surface area contributed by atoms with Crippen LogP contribution in [0.1, 0.15) is 6.42 Å². The predicted octanol–water partition coefficient (Wildman–Crippen LogP) is 0.882. The molecule has 0 radical (unpaired) electrons. The lowest BCUT2D eigenvalue weighted by Gasteiger charge is -2.17. The van der Waals surface area contributed by atoms with Crippen LogP contribution in [-0.2, 0) is 14.5 Å². The van der Waals surface area contributed by atoms with Gasteiger partial charge in [-0.15, -0.1) is 0 Å². The first-order chi connectivity index (χ1) is 15.8. The maximum atomic E-state index is 11.0. The Labute approximate surface area is 188 Å². The number of ether oxygens (including phenoxy) is 1. The Morgan fingerprint density at radius 2 is 1.88 bits per heavy atom. The Kier molecular flexibility index (Phi) is 5.46. The van der Waals surface area contributed by atoms with Gasteiger partial charge < -0.3 is 19.9 Å². The molecule has 1 saturated carbocycles. The molecule has 0 amide bonds. The van der Waals surface area contributed by atoms with Crippen molar-refractivity contribution in [2.45, 2.75) is 24.7 Å². The zero-order valence-electron chi connectivity index (χ0n) is 17.2. The van der Waals surface area contributed by atoms with E-state index in [0.717, 1.165) is 16.3 Å². The number of aliphatic hydroxyl groups is 2. The van der Waals surface area contributed by atoms with E-state index in [0.29, 0.717) is 17.0 Å². The molecular weight excluding hydrogens is 450 g/mol. The monoisotopic (exact) mass is 471 g/mol. The molecule has 4 aromatic rings. The van der Waals surface area contributed by atoms with Gasteiger partial charge in [0.1, 0.15) is 29.9 Å². The molecule has 0 saturated heterocycles. The SMILES string of the molecule is NS(=O)(=O)OC[C@@H]1C[C@@H](Oc2ncnc3nc(-c4cccc5ccccc45)[nH]c23)[C@H](O)[C@@H]1O. The molecule has 33 heavy (non-hydrogen) atoms. The van der Waals surface area contributed by atoms with Crippen LogP contribution < -0.4 is 9.88 Å². The molecule has 0 unspecified atom stereocenters. The lowest BCUT2D eigenvalue weighted by molar-refractivity contribution is -0.0226. The third kappa shape index (κ3) is 4.26. The molecule has 1 aliphatic carbocycles. The average Bonchev–Trinajstić information content (AvgIpc) is 3.34. The smallest absolute Gasteiger partial charge is 0.333 e. The summed E-state index contributed by atoms with van der Waals surface area (Å²) in [6.45, 7) is -0.370. The normalized spacial score (nSPS) is 23.4. The van der Waals surface area contributed by atoms with Crippen LogP contribution in [-0.4, -0.2) is 63.5 Å². The Morgan fingerprint density at radius 3 is 2.70 bits per heavy atom. The van der Waals surface area contributed by atoms with Crippen LogP contribution in [0.5, 0.6) is 5.88 Å². The number of nitrogens with zero attached hydrogens (tertiary/aromatic N) is 3. The fourth-order valence-corrected chi connectivity index (χ4v) is 4.51. The number of aromatic nitrogens is 4. The number of H-pyrrole nitrogens is 1. The van der Waals surface area contributed by atoms with Crippen LogP contribution in [0.25, 0.3) is 33.3 Å². The molecule has 2 aromatic heterocycles. The van der Waals surface area contributed by atoms with E-state index in [2.05, 4.69) is 24.1 Å². The largest absolute Gasteiger partial charge is 0.470 e. The van der Waals surface area contributed by atoms with Gasteiger partial charge in [0.2, 0.25) is 5.88 Å². The zero-order chi connectivity index (χ0) is 23.2. The molecule has 4 atom stereocenters. The number of aromatic amines is 1. The van der Waals surface area contributed by atoms with Crippen molar-refractivity contribution in [1.29, 1.82) is 0 Å². The summed E-state index contributed by atoms with van der Waals surface area (Å²) in [7, 11) is -4.16. The number of imidazole rings is 1. The topological polar surface area (TPSA) is 174 Å². The first-order valence-corrected chi connectivity index (χ1v) is 11.7. The Hall–Kier alpha value is -3.16. The van der Waals surface area contributed by atoms with E-state index in [1.54, 1.807) is 0 Å². The zero-order valence-corrected chi connectivity index (χ0v) is 18.0. The maximum absolute atomic E-state index is 11.0. The molecule has 1 fully saturated rings. The molecule has 0 aliphatic heterocycles. The van der Waals surface area contributed by atoms with E-state index in [9.17, 15) is 18.6 Å². The molecule has 5 rings (SSSR count). The third-order valence-corrected chi connectivity index (χ3v) is 6.22. The molecule has 2 heterocycles. The van der Waals surface area contributed by atoms with Crippen LogP contribution in [0, 0.1) is 5.92 Å². The fourth-order valence-electron chi connectivity index (χ4n) is 4.14. The molecular formula is C21H21N5O6S. The molecule has 12 heteroatoms. The molecule has 0 bridgehead atoms. The average molecular weight is 471 g/mol. The molecule has 1 aliphatic rings. The van der Waals surface area contributed by atoms with Gasteiger partial charge in [-0.25, -0.2) is 15.1 Å². The number of hydrogen-bond acceptors (Lipinski definition) is 9. The minimum Gasteiger partial charge on any atom is -0.470 e. The summed E-state index contributed by atoms with van der Waals surface area (Å²) in [6.07, 6.45) is -1.94. The van der Waals surface area contributed by atoms with E-state index in [1.807, 2.05) is 42.5 Å². The van der Waals surface area contributed by atoms with Crippen molar-refractivity contribution in [3.05, 3.63) is 48.8 Å². The van der Waals surface area contributed by atoms with Crippen molar-refractivity contribution >= 4 is 32.2 Å². The highest BCUT2D eigenvalue weighted by atomic mass is 32.2. The van der Waals surface area contributed by atoms with Crippen molar-refractivity contribution < 1.29 is 27.6 Å². The van der Waals surface area contributed by atoms with E-state index in [4.69, 9.17) is 9.88 Å². The van der Waals surface area contributed by atoms with Crippen molar-refractivity contribution in [2.24, 2.45) is 11.1 Å². The minimum absolute atomic E-state index is 0.133. The predicted molar refractivity (Wildman–Crippen MR) is 118 cm³/mol. The lowest BCUT2D eigenvalue weighted by atomic mass is 10.0. The summed E-state index contributed by atoms with van der Waals surface area (Å²) in [6, 6.07) is 13.8. The third-order valence-electron chi connectivity index (χ3n) is 5.76. The fraction of sp³-hybridized carbons (Fsp3) is 0.286. The van der Waals surface area contributed by atoms with Crippen molar-refractivity contribution in [2.75, 3.05) is 6.61 Å². The van der Waals surface area contributed by atoms with Gasteiger partial charge in [0.25, 0.3) is 0 Å². The van der Waals surface area contributed by atoms with E-state index < -0.39 is 34.5 Å². The van der Waals surface area contributed by atoms with Gasteiger partial charge in [-0.2, -0.15) is 13.4 Å². The Morgan fingerprint density at radius 1 is 1.09 bits per heavy atom. The van der Waals surface area contributed by atoms with Gasteiger partial charge in [0.15, 0.2) is 5.65 Å². The van der Waals surface area contributed by atoms with Crippen LogP contribution in [0.2, 0.25) is 0 Å². The number of nitrogens with two attached hydrogens (primary N) is 1. The van der Waals surface area contributed by atoms with Gasteiger partial charge in [-0.1, -0.05) is 42.5 Å². The van der Waals surface area contributed by atoms with Gasteiger partial charge in [-0.05, 0) is 17.2 Å². The van der Waals surface area contributed by atoms with Crippen LogP contribution >= 0.6 is 0 Å². The van der Waals surface area contributed by atoms with Gasteiger partial charge in [-0.3, -0.25) is 4.18 Å². The molecule has 0 spiro atoms. The quantitative estimate of drug-likeness (QED) is 0.318. The lowest BCUT2D eigenvalue weighted by Crippen LogP contribution is -2.35.